The fourth-order valence-electron chi connectivity index (χ4n) is 1.44. The molecule has 0 aromatic carbocycles. The number of aromatic nitrogens is 3. The highest BCUT2D eigenvalue weighted by Crippen LogP contribution is 2.17. The summed E-state index contributed by atoms with van der Waals surface area (Å²) < 4.78 is 12.3. The van der Waals surface area contributed by atoms with Crippen LogP contribution in [0.15, 0.2) is 50.7 Å². The Balaban J connectivity index is 2.02. The second-order valence-electron chi connectivity index (χ2n) is 3.40. The molecule has 3 heterocycles. The molecule has 0 bridgehead atoms. The van der Waals surface area contributed by atoms with E-state index in [0.29, 0.717) is 22.1 Å². The molecule has 0 amide bonds. The summed E-state index contributed by atoms with van der Waals surface area (Å²) in [5.74, 6) is 1.72. The van der Waals surface area contributed by atoms with Crippen LogP contribution in [0.1, 0.15) is 5.76 Å². The summed E-state index contributed by atoms with van der Waals surface area (Å²) in [6.45, 7) is 0. The average molecular weight is 260 g/mol. The van der Waals surface area contributed by atoms with E-state index in [2.05, 4.69) is 15.3 Å². The van der Waals surface area contributed by atoms with Gasteiger partial charge in [0, 0.05) is 0 Å². The first-order valence-corrected chi connectivity index (χ1v) is 5.54. The highest BCUT2D eigenvalue weighted by Gasteiger charge is 2.10. The van der Waals surface area contributed by atoms with Gasteiger partial charge in [0.05, 0.1) is 18.7 Å². The first-order chi connectivity index (χ1) is 8.84. The maximum absolute atomic E-state index is 5.26. The van der Waals surface area contributed by atoms with Crippen LogP contribution < -0.4 is 0 Å². The monoisotopic (exact) mass is 260 g/mol. The van der Waals surface area contributed by atoms with Gasteiger partial charge in [0.15, 0.2) is 5.76 Å². The van der Waals surface area contributed by atoms with E-state index in [9.17, 15) is 0 Å². The van der Waals surface area contributed by atoms with E-state index < -0.39 is 0 Å². The van der Waals surface area contributed by atoms with Crippen molar-refractivity contribution < 1.29 is 8.83 Å². The summed E-state index contributed by atoms with van der Waals surface area (Å²) in [5.41, 5.74) is 0. The van der Waals surface area contributed by atoms with Gasteiger partial charge in [-0.3, -0.25) is 0 Å². The second-order valence-corrected chi connectivity index (χ2v) is 3.79. The molecule has 7 heteroatoms. The molecule has 18 heavy (non-hydrogen) atoms. The summed E-state index contributed by atoms with van der Waals surface area (Å²) in [6, 6.07) is 7.13. The van der Waals surface area contributed by atoms with Crippen LogP contribution in [-0.4, -0.2) is 21.1 Å². The third kappa shape index (κ3) is 1.91. The van der Waals surface area contributed by atoms with Gasteiger partial charge in [-0.1, -0.05) is 0 Å². The summed E-state index contributed by atoms with van der Waals surface area (Å²) in [7, 11) is 0. The van der Waals surface area contributed by atoms with Crippen LogP contribution >= 0.6 is 12.2 Å². The third-order valence-electron chi connectivity index (χ3n) is 2.24. The number of hydrogen-bond donors (Lipinski definition) is 1. The number of H-pyrrole nitrogens is 1. The number of aromatic amines is 1. The van der Waals surface area contributed by atoms with E-state index >= 15 is 0 Å². The minimum absolute atomic E-state index is 0.379. The summed E-state index contributed by atoms with van der Waals surface area (Å²) in [6.07, 6.45) is 4.69. The highest BCUT2D eigenvalue weighted by molar-refractivity contribution is 7.71. The molecule has 0 saturated carbocycles. The van der Waals surface area contributed by atoms with Gasteiger partial charge in [-0.2, -0.15) is 9.78 Å². The van der Waals surface area contributed by atoms with Crippen LogP contribution in [0.4, 0.5) is 0 Å². The lowest BCUT2D eigenvalue weighted by molar-refractivity contribution is 0.558. The maximum atomic E-state index is 5.26. The molecule has 6 nitrogen and oxygen atoms in total. The van der Waals surface area contributed by atoms with Crippen molar-refractivity contribution in [1.82, 2.24) is 14.9 Å². The predicted molar refractivity (Wildman–Crippen MR) is 66.8 cm³/mol. The molecule has 0 fully saturated rings. The van der Waals surface area contributed by atoms with E-state index in [1.54, 1.807) is 43.0 Å². The average Bonchev–Trinajstić information content (AvgIpc) is 3.08. The minimum Gasteiger partial charge on any atom is -0.463 e. The Labute approximate surface area is 107 Å². The van der Waals surface area contributed by atoms with Gasteiger partial charge in [0.25, 0.3) is 0 Å². The largest absolute Gasteiger partial charge is 0.463 e. The minimum atomic E-state index is 0.379. The van der Waals surface area contributed by atoms with Crippen molar-refractivity contribution in [3.63, 3.8) is 0 Å². The quantitative estimate of drug-likeness (QED) is 0.580. The molecule has 3 rings (SSSR count). The molecule has 0 aliphatic heterocycles. The fraction of sp³-hybridized carbons (Fsp3) is 0. The van der Waals surface area contributed by atoms with E-state index in [4.69, 9.17) is 21.1 Å². The van der Waals surface area contributed by atoms with Gasteiger partial charge in [-0.25, -0.2) is 5.10 Å². The summed E-state index contributed by atoms with van der Waals surface area (Å²) in [4.78, 5) is 0. The normalized spacial score (nSPS) is 11.3. The van der Waals surface area contributed by atoms with E-state index in [-0.39, 0.29) is 0 Å². The SMILES string of the molecule is S=c1[nH]nc(-c2ccco2)n1/N=C\c1ccco1. The molecule has 3 aromatic rings. The zero-order chi connectivity index (χ0) is 12.4. The lowest BCUT2D eigenvalue weighted by Gasteiger charge is -1.95. The molecular formula is C11H8N4O2S. The molecule has 0 aliphatic rings. The van der Waals surface area contributed by atoms with Gasteiger partial charge >= 0.3 is 0 Å². The van der Waals surface area contributed by atoms with Crippen LogP contribution in [0.5, 0.6) is 0 Å². The molecule has 0 saturated heterocycles. The van der Waals surface area contributed by atoms with Crippen LogP contribution in [0.2, 0.25) is 0 Å². The van der Waals surface area contributed by atoms with Gasteiger partial charge in [0.2, 0.25) is 10.6 Å². The Morgan fingerprint density at radius 2 is 2.11 bits per heavy atom. The molecule has 0 aliphatic carbocycles. The fourth-order valence-corrected chi connectivity index (χ4v) is 1.62. The van der Waals surface area contributed by atoms with E-state index in [1.807, 2.05) is 0 Å². The Bertz CT molecular complexity index is 707. The number of nitrogens with zero attached hydrogens (tertiary/aromatic N) is 3. The Morgan fingerprint density at radius 1 is 1.28 bits per heavy atom. The van der Waals surface area contributed by atoms with Crippen LogP contribution in [-0.2, 0) is 0 Å². The lowest BCUT2D eigenvalue weighted by Crippen LogP contribution is -1.93. The highest BCUT2D eigenvalue weighted by atomic mass is 32.1. The smallest absolute Gasteiger partial charge is 0.219 e. The molecule has 0 spiro atoms. The first-order valence-electron chi connectivity index (χ1n) is 5.14. The van der Waals surface area contributed by atoms with E-state index in [1.165, 1.54) is 4.68 Å². The van der Waals surface area contributed by atoms with Crippen LogP contribution in [0, 0.1) is 4.77 Å². The third-order valence-corrected chi connectivity index (χ3v) is 2.50. The zero-order valence-corrected chi connectivity index (χ0v) is 9.92. The Hall–Kier alpha value is -2.41. The molecule has 0 unspecified atom stereocenters. The molecule has 0 radical (unpaired) electrons. The van der Waals surface area contributed by atoms with Crippen molar-refractivity contribution in [2.75, 3.05) is 0 Å². The maximum Gasteiger partial charge on any atom is 0.219 e. The van der Waals surface area contributed by atoms with Gasteiger partial charge in [0.1, 0.15) is 5.76 Å². The van der Waals surface area contributed by atoms with Crippen molar-refractivity contribution in [2.45, 2.75) is 0 Å². The number of nitrogens with one attached hydrogen (secondary N) is 1. The second kappa shape index (κ2) is 4.46. The number of hydrogen-bond acceptors (Lipinski definition) is 5. The molecule has 0 atom stereocenters. The van der Waals surface area contributed by atoms with Crippen molar-refractivity contribution in [1.29, 1.82) is 0 Å². The van der Waals surface area contributed by atoms with Crippen LogP contribution in [0.3, 0.4) is 0 Å². The summed E-state index contributed by atoms with van der Waals surface area (Å²) >= 11 is 5.10. The number of furan rings is 2. The Morgan fingerprint density at radius 3 is 2.83 bits per heavy atom. The predicted octanol–water partition coefficient (Wildman–Crippen LogP) is 2.68. The van der Waals surface area contributed by atoms with Crippen molar-refractivity contribution >= 4 is 18.4 Å². The summed E-state index contributed by atoms with van der Waals surface area (Å²) in [5, 5.41) is 10.9. The van der Waals surface area contributed by atoms with Crippen molar-refractivity contribution in [3.05, 3.63) is 47.3 Å². The topological polar surface area (TPSA) is 72.2 Å². The Kier molecular flexibility index (Phi) is 2.66. The molecular weight excluding hydrogens is 252 g/mol. The van der Waals surface area contributed by atoms with Crippen molar-refractivity contribution in [3.8, 4) is 11.6 Å². The van der Waals surface area contributed by atoms with Gasteiger partial charge in [-0.15, -0.1) is 5.10 Å². The van der Waals surface area contributed by atoms with Crippen LogP contribution in [0.25, 0.3) is 11.6 Å². The zero-order valence-electron chi connectivity index (χ0n) is 9.11. The molecule has 3 aromatic heterocycles. The van der Waals surface area contributed by atoms with E-state index in [0.717, 1.165) is 0 Å². The molecule has 1 N–H and O–H groups in total. The van der Waals surface area contributed by atoms with Gasteiger partial charge < -0.3 is 8.83 Å². The number of rotatable bonds is 3. The first kappa shape index (κ1) is 10.7. The molecule has 90 valence electrons. The standard InChI is InChI=1S/C11H8N4O2S/c18-11-14-13-10(9-4-2-6-17-9)15(11)12-7-8-3-1-5-16-8/h1-7H,(H,14,18)/b12-7-. The van der Waals surface area contributed by atoms with Crippen molar-refractivity contribution in [2.24, 2.45) is 5.10 Å². The van der Waals surface area contributed by atoms with Gasteiger partial charge in [-0.05, 0) is 36.5 Å². The lowest BCUT2D eigenvalue weighted by atomic mass is 10.4.